The molecule has 2 aromatic heterocycles. The Bertz CT molecular complexity index is 908. The van der Waals surface area contributed by atoms with E-state index in [1.54, 1.807) is 28.0 Å². The molecule has 0 bridgehead atoms. The van der Waals surface area contributed by atoms with Crippen LogP contribution in [0.3, 0.4) is 0 Å². The lowest BCUT2D eigenvalue weighted by atomic mass is 10.3. The van der Waals surface area contributed by atoms with E-state index < -0.39 is 0 Å². The van der Waals surface area contributed by atoms with E-state index >= 15 is 0 Å². The van der Waals surface area contributed by atoms with Crippen molar-refractivity contribution >= 4 is 22.9 Å². The monoisotopic (exact) mass is 340 g/mol. The number of anilines is 1. The van der Waals surface area contributed by atoms with Crippen molar-refractivity contribution < 1.29 is 4.79 Å². The number of nitrogens with zero attached hydrogens (tertiary/aromatic N) is 3. The number of para-hydroxylation sites is 1. The van der Waals surface area contributed by atoms with Crippen LogP contribution < -0.4 is 11.0 Å². The molecule has 24 heavy (non-hydrogen) atoms. The molecule has 1 aliphatic carbocycles. The molecule has 1 saturated carbocycles. The molecule has 2 heterocycles. The molecule has 4 rings (SSSR count). The predicted octanol–water partition coefficient (Wildman–Crippen LogP) is 2.75. The first kappa shape index (κ1) is 14.9. The lowest BCUT2D eigenvalue weighted by Gasteiger charge is -2.04. The van der Waals surface area contributed by atoms with Crippen LogP contribution in [0.4, 0.5) is 5.69 Å². The van der Waals surface area contributed by atoms with Gasteiger partial charge in [0.1, 0.15) is 6.54 Å². The number of amides is 1. The van der Waals surface area contributed by atoms with Gasteiger partial charge in [0, 0.05) is 11.7 Å². The highest BCUT2D eigenvalue weighted by Gasteiger charge is 2.31. The SMILES string of the molecule is O=C(Cn1nc(-c2cccs2)n(C2CC2)c1=O)Nc1ccccc1. The van der Waals surface area contributed by atoms with Crippen LogP contribution >= 0.6 is 11.3 Å². The fraction of sp³-hybridized carbons (Fsp3) is 0.235. The largest absolute Gasteiger partial charge is 0.346 e. The quantitative estimate of drug-likeness (QED) is 0.776. The number of thiophene rings is 1. The van der Waals surface area contributed by atoms with E-state index in [1.165, 1.54) is 4.68 Å². The highest BCUT2D eigenvalue weighted by molar-refractivity contribution is 7.13. The van der Waals surface area contributed by atoms with Gasteiger partial charge in [0.15, 0.2) is 5.82 Å². The first-order chi connectivity index (χ1) is 11.7. The maximum atomic E-state index is 12.6. The summed E-state index contributed by atoms with van der Waals surface area (Å²) in [6.45, 7) is -0.0914. The molecule has 1 fully saturated rings. The van der Waals surface area contributed by atoms with Gasteiger partial charge in [0.2, 0.25) is 5.91 Å². The molecule has 0 unspecified atom stereocenters. The second-order valence-electron chi connectivity index (χ2n) is 5.76. The maximum absolute atomic E-state index is 12.6. The summed E-state index contributed by atoms with van der Waals surface area (Å²) in [6, 6.07) is 13.3. The Balaban J connectivity index is 1.61. The van der Waals surface area contributed by atoms with Crippen LogP contribution in [-0.4, -0.2) is 20.3 Å². The minimum Gasteiger partial charge on any atom is -0.324 e. The zero-order valence-electron chi connectivity index (χ0n) is 12.9. The molecule has 3 aromatic rings. The lowest BCUT2D eigenvalue weighted by molar-refractivity contribution is -0.117. The molecule has 1 aliphatic rings. The molecule has 1 N–H and O–H groups in total. The van der Waals surface area contributed by atoms with Gasteiger partial charge in [-0.05, 0) is 36.4 Å². The Labute approximate surface area is 142 Å². The standard InChI is InChI=1S/C17H16N4O2S/c22-15(18-12-5-2-1-3-6-12)11-20-17(23)21(13-8-9-13)16(19-20)14-7-4-10-24-14/h1-7,10,13H,8-9,11H2,(H,18,22). The number of hydrogen-bond donors (Lipinski definition) is 1. The number of benzene rings is 1. The number of aromatic nitrogens is 3. The van der Waals surface area contributed by atoms with Crippen molar-refractivity contribution in [2.45, 2.75) is 25.4 Å². The van der Waals surface area contributed by atoms with E-state index in [1.807, 2.05) is 35.7 Å². The Morgan fingerprint density at radius 3 is 2.67 bits per heavy atom. The smallest absolute Gasteiger partial charge is 0.324 e. The van der Waals surface area contributed by atoms with E-state index in [0.29, 0.717) is 11.5 Å². The van der Waals surface area contributed by atoms with Crippen molar-refractivity contribution in [2.24, 2.45) is 0 Å². The summed E-state index contributed by atoms with van der Waals surface area (Å²) in [5.74, 6) is 0.395. The summed E-state index contributed by atoms with van der Waals surface area (Å²) >= 11 is 1.54. The van der Waals surface area contributed by atoms with Gasteiger partial charge in [0.05, 0.1) is 4.88 Å². The molecule has 0 spiro atoms. The van der Waals surface area contributed by atoms with Crippen LogP contribution in [0.25, 0.3) is 10.7 Å². The van der Waals surface area contributed by atoms with Crippen molar-refractivity contribution in [3.63, 3.8) is 0 Å². The van der Waals surface area contributed by atoms with Crippen molar-refractivity contribution in [3.05, 3.63) is 58.3 Å². The van der Waals surface area contributed by atoms with Gasteiger partial charge in [-0.25, -0.2) is 9.48 Å². The van der Waals surface area contributed by atoms with Gasteiger partial charge in [-0.15, -0.1) is 16.4 Å². The van der Waals surface area contributed by atoms with E-state index in [-0.39, 0.29) is 24.2 Å². The average Bonchev–Trinajstić information content (AvgIpc) is 3.16. The summed E-state index contributed by atoms with van der Waals surface area (Å²) in [6.07, 6.45) is 1.97. The van der Waals surface area contributed by atoms with E-state index in [0.717, 1.165) is 17.7 Å². The molecule has 7 heteroatoms. The van der Waals surface area contributed by atoms with Crippen LogP contribution in [0.2, 0.25) is 0 Å². The number of carbonyl (C=O) groups excluding carboxylic acids is 1. The van der Waals surface area contributed by atoms with Gasteiger partial charge < -0.3 is 5.32 Å². The molecular formula is C17H16N4O2S. The van der Waals surface area contributed by atoms with Gasteiger partial charge in [-0.3, -0.25) is 9.36 Å². The Hall–Kier alpha value is -2.67. The third-order valence-corrected chi connectivity index (χ3v) is 4.74. The first-order valence-corrected chi connectivity index (χ1v) is 8.68. The normalized spacial score (nSPS) is 13.8. The van der Waals surface area contributed by atoms with Gasteiger partial charge in [0.25, 0.3) is 0 Å². The topological polar surface area (TPSA) is 68.9 Å². The molecule has 6 nitrogen and oxygen atoms in total. The number of carbonyl (C=O) groups is 1. The third kappa shape index (κ3) is 2.90. The summed E-state index contributed by atoms with van der Waals surface area (Å²) < 4.78 is 2.98. The lowest BCUT2D eigenvalue weighted by Crippen LogP contribution is -2.29. The number of hydrogen-bond acceptors (Lipinski definition) is 4. The van der Waals surface area contributed by atoms with Crippen LogP contribution in [0.5, 0.6) is 0 Å². The highest BCUT2D eigenvalue weighted by Crippen LogP contribution is 2.37. The fourth-order valence-electron chi connectivity index (χ4n) is 2.62. The second-order valence-corrected chi connectivity index (χ2v) is 6.70. The molecule has 1 amide bonds. The van der Waals surface area contributed by atoms with Crippen LogP contribution in [0.15, 0.2) is 52.6 Å². The third-order valence-electron chi connectivity index (χ3n) is 3.88. The Morgan fingerprint density at radius 1 is 1.21 bits per heavy atom. The number of nitrogens with one attached hydrogen (secondary N) is 1. The minimum atomic E-state index is -0.263. The van der Waals surface area contributed by atoms with E-state index in [4.69, 9.17) is 0 Å². The van der Waals surface area contributed by atoms with Gasteiger partial charge >= 0.3 is 5.69 Å². The van der Waals surface area contributed by atoms with Crippen LogP contribution in [-0.2, 0) is 11.3 Å². The van der Waals surface area contributed by atoms with Crippen LogP contribution in [0.1, 0.15) is 18.9 Å². The van der Waals surface area contributed by atoms with Crippen molar-refractivity contribution in [1.29, 1.82) is 0 Å². The van der Waals surface area contributed by atoms with Crippen LogP contribution in [0, 0.1) is 0 Å². The summed E-state index contributed by atoms with van der Waals surface area (Å²) in [5.41, 5.74) is 0.486. The zero-order valence-corrected chi connectivity index (χ0v) is 13.7. The van der Waals surface area contributed by atoms with E-state index in [2.05, 4.69) is 10.4 Å². The fourth-order valence-corrected chi connectivity index (χ4v) is 3.32. The molecule has 0 atom stereocenters. The molecule has 0 radical (unpaired) electrons. The van der Waals surface area contributed by atoms with Crippen molar-refractivity contribution in [2.75, 3.05) is 5.32 Å². The number of rotatable bonds is 5. The molecular weight excluding hydrogens is 324 g/mol. The summed E-state index contributed by atoms with van der Waals surface area (Å²) in [7, 11) is 0. The molecule has 0 saturated heterocycles. The zero-order chi connectivity index (χ0) is 16.5. The van der Waals surface area contributed by atoms with Crippen molar-refractivity contribution in [3.8, 4) is 10.7 Å². The molecule has 122 valence electrons. The first-order valence-electron chi connectivity index (χ1n) is 7.80. The highest BCUT2D eigenvalue weighted by atomic mass is 32.1. The average molecular weight is 340 g/mol. The van der Waals surface area contributed by atoms with Gasteiger partial charge in [-0.2, -0.15) is 0 Å². The summed E-state index contributed by atoms with van der Waals surface area (Å²) in [4.78, 5) is 25.8. The predicted molar refractivity (Wildman–Crippen MR) is 93.1 cm³/mol. The molecule has 0 aliphatic heterocycles. The van der Waals surface area contributed by atoms with Crippen molar-refractivity contribution in [1.82, 2.24) is 14.3 Å². The molecule has 1 aromatic carbocycles. The minimum absolute atomic E-state index is 0.0914. The van der Waals surface area contributed by atoms with Gasteiger partial charge in [-0.1, -0.05) is 24.3 Å². The maximum Gasteiger partial charge on any atom is 0.346 e. The second kappa shape index (κ2) is 6.09. The van der Waals surface area contributed by atoms with E-state index in [9.17, 15) is 9.59 Å². The summed E-state index contributed by atoms with van der Waals surface area (Å²) in [5, 5.41) is 9.15. The Morgan fingerprint density at radius 2 is 2.00 bits per heavy atom. The Kier molecular flexibility index (Phi) is 3.78.